The zero-order valence-corrected chi connectivity index (χ0v) is 10.3. The summed E-state index contributed by atoms with van der Waals surface area (Å²) in [4.78, 5) is 0. The fourth-order valence-electron chi connectivity index (χ4n) is 1.46. The third-order valence-corrected chi connectivity index (χ3v) is 2.22. The monoisotopic (exact) mass is 192 g/mol. The van der Waals surface area contributed by atoms with Gasteiger partial charge in [-0.3, -0.25) is 0 Å². The second-order valence-corrected chi connectivity index (χ2v) is 3.50. The van der Waals surface area contributed by atoms with Crippen molar-refractivity contribution in [3.63, 3.8) is 0 Å². The van der Waals surface area contributed by atoms with Crippen molar-refractivity contribution < 1.29 is 5.11 Å². The van der Waals surface area contributed by atoms with Crippen LogP contribution in [0.15, 0.2) is 0 Å². The van der Waals surface area contributed by atoms with Crippen molar-refractivity contribution >= 4 is 9.90 Å². The first kappa shape index (κ1) is 14.9. The van der Waals surface area contributed by atoms with Crippen molar-refractivity contribution in [1.29, 1.82) is 0 Å². The average Bonchev–Trinajstić information content (AvgIpc) is 1.97. The second kappa shape index (κ2) is 9.48. The zero-order valence-electron chi connectivity index (χ0n) is 8.84. The Morgan fingerprint density at radius 2 is 1.83 bits per heavy atom. The molecule has 0 aromatic rings. The minimum atomic E-state index is -0.114. The summed E-state index contributed by atoms with van der Waals surface area (Å²) in [5.41, 5.74) is 0. The molecular weight excluding hydrogens is 167 g/mol. The average molecular weight is 192 g/mol. The molecule has 1 nitrogen and oxygen atoms in total. The van der Waals surface area contributed by atoms with E-state index < -0.39 is 0 Å². The smallest absolute Gasteiger partial charge is 0.0514 e. The summed E-state index contributed by atoms with van der Waals surface area (Å²) in [5, 5.41) is 9.15. The van der Waals surface area contributed by atoms with Gasteiger partial charge in [-0.25, -0.2) is 0 Å². The molecule has 76 valence electrons. The predicted molar refractivity (Wildman–Crippen MR) is 60.7 cm³/mol. The maximum absolute atomic E-state index is 9.15. The van der Waals surface area contributed by atoms with Gasteiger partial charge < -0.3 is 5.11 Å². The minimum Gasteiger partial charge on any atom is -0.393 e. The quantitative estimate of drug-likeness (QED) is 0.641. The summed E-state index contributed by atoms with van der Waals surface area (Å²) in [6.07, 6.45) is 5.96. The Morgan fingerprint density at radius 3 is 2.17 bits per heavy atom. The summed E-state index contributed by atoms with van der Waals surface area (Å²) in [7, 11) is 0. The summed E-state index contributed by atoms with van der Waals surface area (Å²) in [5.74, 6) is 0.745. The summed E-state index contributed by atoms with van der Waals surface area (Å²) < 4.78 is 0. The van der Waals surface area contributed by atoms with Gasteiger partial charge in [-0.1, -0.05) is 39.5 Å². The highest BCUT2D eigenvalue weighted by Crippen LogP contribution is 2.17. The molecule has 3 atom stereocenters. The van der Waals surface area contributed by atoms with E-state index in [1.807, 2.05) is 6.92 Å². The standard InChI is InChI=1S/C10H22O.H3P/c1-4-6-7-10(5-2)8-9(3)11;/h9-11H,4-8H2,1-3H3;1H3. The summed E-state index contributed by atoms with van der Waals surface area (Å²) in [6, 6.07) is 0. The van der Waals surface area contributed by atoms with Crippen LogP contribution in [0.4, 0.5) is 0 Å². The van der Waals surface area contributed by atoms with Gasteiger partial charge in [-0.05, 0) is 19.3 Å². The van der Waals surface area contributed by atoms with Crippen LogP contribution in [0.1, 0.15) is 52.9 Å². The third-order valence-electron chi connectivity index (χ3n) is 2.22. The van der Waals surface area contributed by atoms with Crippen LogP contribution in [-0.2, 0) is 0 Å². The van der Waals surface area contributed by atoms with Crippen molar-refractivity contribution in [3.8, 4) is 0 Å². The fraction of sp³-hybridized carbons (Fsp3) is 1.00. The number of unbranched alkanes of at least 4 members (excludes halogenated alkanes) is 1. The van der Waals surface area contributed by atoms with E-state index in [9.17, 15) is 0 Å². The van der Waals surface area contributed by atoms with E-state index >= 15 is 0 Å². The first-order valence-corrected chi connectivity index (χ1v) is 4.88. The number of rotatable bonds is 6. The Hall–Kier alpha value is 0.390. The van der Waals surface area contributed by atoms with Gasteiger partial charge in [-0.15, -0.1) is 0 Å². The van der Waals surface area contributed by atoms with Crippen LogP contribution in [0.2, 0.25) is 0 Å². The molecule has 12 heavy (non-hydrogen) atoms. The molecule has 0 amide bonds. The molecule has 0 aliphatic carbocycles. The van der Waals surface area contributed by atoms with Gasteiger partial charge in [0, 0.05) is 0 Å². The van der Waals surface area contributed by atoms with Gasteiger partial charge >= 0.3 is 0 Å². The highest BCUT2D eigenvalue weighted by Gasteiger charge is 2.08. The first-order chi connectivity index (χ1) is 5.20. The van der Waals surface area contributed by atoms with E-state index in [1.54, 1.807) is 0 Å². The van der Waals surface area contributed by atoms with Crippen LogP contribution in [0.25, 0.3) is 0 Å². The van der Waals surface area contributed by atoms with Crippen molar-refractivity contribution in [2.24, 2.45) is 5.92 Å². The lowest BCUT2D eigenvalue weighted by atomic mass is 9.94. The van der Waals surface area contributed by atoms with E-state index in [0.717, 1.165) is 12.3 Å². The number of aliphatic hydroxyl groups is 1. The topological polar surface area (TPSA) is 20.2 Å². The Labute approximate surface area is 80.6 Å². The van der Waals surface area contributed by atoms with Crippen LogP contribution in [0.3, 0.4) is 0 Å². The molecule has 2 heteroatoms. The van der Waals surface area contributed by atoms with E-state index in [1.165, 1.54) is 25.7 Å². The Bertz CT molecular complexity index is 83.9. The summed E-state index contributed by atoms with van der Waals surface area (Å²) >= 11 is 0. The van der Waals surface area contributed by atoms with Gasteiger partial charge in [0.25, 0.3) is 0 Å². The molecule has 0 fully saturated rings. The second-order valence-electron chi connectivity index (χ2n) is 3.50. The molecule has 0 saturated carbocycles. The maximum atomic E-state index is 9.15. The molecule has 0 aromatic heterocycles. The minimum absolute atomic E-state index is 0. The first-order valence-electron chi connectivity index (χ1n) is 4.88. The largest absolute Gasteiger partial charge is 0.393 e. The van der Waals surface area contributed by atoms with Gasteiger partial charge in [0.05, 0.1) is 6.10 Å². The van der Waals surface area contributed by atoms with Gasteiger partial charge in [0.15, 0.2) is 0 Å². The van der Waals surface area contributed by atoms with E-state index in [-0.39, 0.29) is 16.0 Å². The van der Waals surface area contributed by atoms with Crippen LogP contribution in [0, 0.1) is 5.92 Å². The maximum Gasteiger partial charge on any atom is 0.0514 e. The molecule has 0 spiro atoms. The Balaban J connectivity index is 0. The molecule has 1 N–H and O–H groups in total. The lowest BCUT2D eigenvalue weighted by Crippen LogP contribution is -2.09. The van der Waals surface area contributed by atoms with Gasteiger partial charge in [-0.2, -0.15) is 9.90 Å². The molecule has 0 saturated heterocycles. The molecule has 3 unspecified atom stereocenters. The van der Waals surface area contributed by atoms with Crippen molar-refractivity contribution in [2.45, 2.75) is 59.0 Å². The molecule has 0 aliphatic rings. The highest BCUT2D eigenvalue weighted by atomic mass is 31.0. The number of hydrogen-bond donors (Lipinski definition) is 1. The predicted octanol–water partition coefficient (Wildman–Crippen LogP) is 3.03. The number of aliphatic hydroxyl groups excluding tert-OH is 1. The third kappa shape index (κ3) is 8.49. The molecule has 0 heterocycles. The van der Waals surface area contributed by atoms with Crippen molar-refractivity contribution in [2.75, 3.05) is 0 Å². The summed E-state index contributed by atoms with van der Waals surface area (Å²) in [6.45, 7) is 6.31. The van der Waals surface area contributed by atoms with Gasteiger partial charge in [0.1, 0.15) is 0 Å². The Morgan fingerprint density at radius 1 is 1.25 bits per heavy atom. The van der Waals surface area contributed by atoms with Crippen LogP contribution >= 0.6 is 9.90 Å². The lowest BCUT2D eigenvalue weighted by Gasteiger charge is -2.15. The van der Waals surface area contributed by atoms with Crippen LogP contribution < -0.4 is 0 Å². The Kier molecular flexibility index (Phi) is 11.8. The highest BCUT2D eigenvalue weighted by molar-refractivity contribution is 6.92. The zero-order chi connectivity index (χ0) is 8.69. The van der Waals surface area contributed by atoms with Crippen LogP contribution in [0.5, 0.6) is 0 Å². The van der Waals surface area contributed by atoms with Crippen LogP contribution in [-0.4, -0.2) is 11.2 Å². The van der Waals surface area contributed by atoms with Crippen molar-refractivity contribution in [1.82, 2.24) is 0 Å². The molecule has 0 radical (unpaired) electrons. The number of hydrogen-bond acceptors (Lipinski definition) is 1. The molecule has 0 bridgehead atoms. The normalized spacial score (nSPS) is 15.0. The fourth-order valence-corrected chi connectivity index (χ4v) is 1.46. The molecule has 0 aliphatic heterocycles. The van der Waals surface area contributed by atoms with Crippen molar-refractivity contribution in [3.05, 3.63) is 0 Å². The molecule has 0 aromatic carbocycles. The van der Waals surface area contributed by atoms with E-state index in [4.69, 9.17) is 5.11 Å². The van der Waals surface area contributed by atoms with Gasteiger partial charge in [0.2, 0.25) is 0 Å². The lowest BCUT2D eigenvalue weighted by molar-refractivity contribution is 0.155. The SMILES string of the molecule is CCCCC(CC)CC(C)O.P. The molecular formula is C10H25OP. The van der Waals surface area contributed by atoms with E-state index in [0.29, 0.717) is 0 Å². The van der Waals surface area contributed by atoms with E-state index in [2.05, 4.69) is 13.8 Å². The molecule has 0 rings (SSSR count).